The summed E-state index contributed by atoms with van der Waals surface area (Å²) in [7, 11) is 1.67. The molecule has 0 spiro atoms. The SMILES string of the molecule is Cc1sc2nc(SC(C)C(=O)c3ccc4c(c3)NC(=O)CO4)n(C)c(=O)c2c1C. The van der Waals surface area contributed by atoms with Crippen molar-refractivity contribution < 1.29 is 14.3 Å². The molecule has 1 unspecified atom stereocenters. The Balaban J connectivity index is 1.63. The molecule has 1 aliphatic rings. The lowest BCUT2D eigenvalue weighted by Gasteiger charge is -2.19. The number of amides is 1. The monoisotopic (exact) mass is 429 g/mol. The zero-order valence-electron chi connectivity index (χ0n) is 16.4. The first kappa shape index (κ1) is 19.7. The molecule has 2 aromatic heterocycles. The number of nitrogens with one attached hydrogen (secondary N) is 1. The van der Waals surface area contributed by atoms with Crippen molar-refractivity contribution in [1.82, 2.24) is 9.55 Å². The smallest absolute Gasteiger partial charge is 0.262 e. The fraction of sp³-hybridized carbons (Fsp3) is 0.300. The number of aryl methyl sites for hydroxylation is 2. The van der Waals surface area contributed by atoms with Crippen LogP contribution in [-0.4, -0.2) is 33.1 Å². The van der Waals surface area contributed by atoms with Gasteiger partial charge in [0.1, 0.15) is 10.6 Å². The number of rotatable bonds is 4. The van der Waals surface area contributed by atoms with Crippen LogP contribution in [0, 0.1) is 13.8 Å². The van der Waals surface area contributed by atoms with E-state index in [4.69, 9.17) is 4.74 Å². The number of hydrogen-bond donors (Lipinski definition) is 1. The Morgan fingerprint density at radius 3 is 2.86 bits per heavy atom. The first-order chi connectivity index (χ1) is 13.8. The van der Waals surface area contributed by atoms with Gasteiger partial charge in [-0.15, -0.1) is 11.3 Å². The highest BCUT2D eigenvalue weighted by molar-refractivity contribution is 8.00. The van der Waals surface area contributed by atoms with Gasteiger partial charge in [0.15, 0.2) is 17.5 Å². The number of thioether (sulfide) groups is 1. The number of thiophene rings is 1. The highest BCUT2D eigenvalue weighted by atomic mass is 32.2. The molecule has 1 N–H and O–H groups in total. The molecule has 0 fully saturated rings. The number of anilines is 1. The summed E-state index contributed by atoms with van der Waals surface area (Å²) >= 11 is 2.73. The number of carbonyl (C=O) groups excluding carboxylic acids is 2. The topological polar surface area (TPSA) is 90.3 Å². The number of fused-ring (bicyclic) bond motifs is 2. The van der Waals surface area contributed by atoms with Crippen molar-refractivity contribution >= 4 is 50.7 Å². The summed E-state index contributed by atoms with van der Waals surface area (Å²) in [5.41, 5.74) is 1.80. The van der Waals surface area contributed by atoms with Gasteiger partial charge in [0.2, 0.25) is 0 Å². The Morgan fingerprint density at radius 1 is 1.34 bits per heavy atom. The Kier molecular flexibility index (Phi) is 4.95. The summed E-state index contributed by atoms with van der Waals surface area (Å²) in [4.78, 5) is 43.6. The lowest BCUT2D eigenvalue weighted by Crippen LogP contribution is -2.26. The maximum Gasteiger partial charge on any atom is 0.262 e. The molecule has 0 saturated carbocycles. The van der Waals surface area contributed by atoms with Crippen molar-refractivity contribution in [3.8, 4) is 5.75 Å². The third-order valence-corrected chi connectivity index (χ3v) is 7.16. The van der Waals surface area contributed by atoms with Crippen LogP contribution in [0.15, 0.2) is 28.2 Å². The van der Waals surface area contributed by atoms with E-state index in [0.29, 0.717) is 32.4 Å². The molecule has 150 valence electrons. The van der Waals surface area contributed by atoms with Crippen LogP contribution in [0.25, 0.3) is 10.2 Å². The van der Waals surface area contributed by atoms with Gasteiger partial charge in [0, 0.05) is 17.5 Å². The van der Waals surface area contributed by atoms with Crippen molar-refractivity contribution in [2.75, 3.05) is 11.9 Å². The minimum Gasteiger partial charge on any atom is -0.482 e. The normalized spacial score (nSPS) is 14.3. The Hall–Kier alpha value is -2.65. The average molecular weight is 430 g/mol. The molecule has 1 aliphatic heterocycles. The second-order valence-electron chi connectivity index (χ2n) is 6.89. The molecule has 9 heteroatoms. The Bertz CT molecular complexity index is 1230. The predicted octanol–water partition coefficient (Wildman–Crippen LogP) is 3.31. The number of benzene rings is 1. The third kappa shape index (κ3) is 3.44. The first-order valence-corrected chi connectivity index (χ1v) is 10.7. The quantitative estimate of drug-likeness (QED) is 0.389. The van der Waals surface area contributed by atoms with E-state index >= 15 is 0 Å². The fourth-order valence-corrected chi connectivity index (χ4v) is 5.17. The lowest BCUT2D eigenvalue weighted by molar-refractivity contribution is -0.118. The van der Waals surface area contributed by atoms with Crippen LogP contribution in [0.4, 0.5) is 5.69 Å². The maximum atomic E-state index is 12.9. The van der Waals surface area contributed by atoms with Crippen LogP contribution in [-0.2, 0) is 11.8 Å². The molecule has 7 nitrogen and oxygen atoms in total. The fourth-order valence-electron chi connectivity index (χ4n) is 3.14. The number of carbonyl (C=O) groups is 2. The van der Waals surface area contributed by atoms with Crippen LogP contribution in [0.1, 0.15) is 27.7 Å². The molecule has 4 rings (SSSR count). The molecule has 1 aromatic carbocycles. The van der Waals surface area contributed by atoms with Gasteiger partial charge in [-0.05, 0) is 44.5 Å². The average Bonchev–Trinajstić information content (AvgIpc) is 2.98. The molecule has 0 aliphatic carbocycles. The maximum absolute atomic E-state index is 12.9. The minimum absolute atomic E-state index is 0.0314. The third-order valence-electron chi connectivity index (χ3n) is 4.92. The van der Waals surface area contributed by atoms with E-state index < -0.39 is 5.25 Å². The molecule has 0 saturated heterocycles. The summed E-state index contributed by atoms with van der Waals surface area (Å²) in [6.07, 6.45) is 0. The van der Waals surface area contributed by atoms with Gasteiger partial charge in [-0.1, -0.05) is 11.8 Å². The molecule has 3 aromatic rings. The molecule has 0 bridgehead atoms. The van der Waals surface area contributed by atoms with Gasteiger partial charge in [-0.2, -0.15) is 0 Å². The molecule has 0 radical (unpaired) electrons. The van der Waals surface area contributed by atoms with E-state index in [1.807, 2.05) is 13.8 Å². The van der Waals surface area contributed by atoms with Gasteiger partial charge in [-0.25, -0.2) is 4.98 Å². The highest BCUT2D eigenvalue weighted by Gasteiger charge is 2.23. The Labute approximate surface area is 175 Å². The van der Waals surface area contributed by atoms with E-state index in [9.17, 15) is 14.4 Å². The number of ether oxygens (including phenoxy) is 1. The van der Waals surface area contributed by atoms with Gasteiger partial charge >= 0.3 is 0 Å². The first-order valence-electron chi connectivity index (χ1n) is 9.00. The summed E-state index contributed by atoms with van der Waals surface area (Å²) in [6, 6.07) is 4.97. The van der Waals surface area contributed by atoms with Gasteiger partial charge in [0.25, 0.3) is 11.5 Å². The highest BCUT2D eigenvalue weighted by Crippen LogP contribution is 2.32. The molecule has 29 heavy (non-hydrogen) atoms. The van der Waals surface area contributed by atoms with Crippen molar-refractivity contribution in [3.05, 3.63) is 44.6 Å². The van der Waals surface area contributed by atoms with Crippen LogP contribution < -0.4 is 15.6 Å². The van der Waals surface area contributed by atoms with Crippen LogP contribution in [0.3, 0.4) is 0 Å². The predicted molar refractivity (Wildman–Crippen MR) is 115 cm³/mol. The molecule has 1 amide bonds. The van der Waals surface area contributed by atoms with Crippen molar-refractivity contribution in [2.45, 2.75) is 31.2 Å². The molecular formula is C20H19N3O4S2. The number of aromatic nitrogens is 2. The van der Waals surface area contributed by atoms with E-state index in [0.717, 1.165) is 10.4 Å². The van der Waals surface area contributed by atoms with Gasteiger partial charge < -0.3 is 10.1 Å². The van der Waals surface area contributed by atoms with Gasteiger partial charge in [-0.3, -0.25) is 19.0 Å². The lowest BCUT2D eigenvalue weighted by atomic mass is 10.1. The van der Waals surface area contributed by atoms with E-state index in [1.54, 1.807) is 32.2 Å². The molecule has 1 atom stereocenters. The number of Topliss-reactive ketones (excluding diaryl/α,β-unsaturated/α-hetero) is 1. The Morgan fingerprint density at radius 2 is 2.10 bits per heavy atom. The number of ketones is 1. The van der Waals surface area contributed by atoms with Gasteiger partial charge in [0.05, 0.1) is 16.3 Å². The van der Waals surface area contributed by atoms with E-state index in [2.05, 4.69) is 10.3 Å². The van der Waals surface area contributed by atoms with Crippen LogP contribution in [0.2, 0.25) is 0 Å². The van der Waals surface area contributed by atoms with Crippen molar-refractivity contribution in [2.24, 2.45) is 7.05 Å². The summed E-state index contributed by atoms with van der Waals surface area (Å²) in [5.74, 6) is 0.170. The summed E-state index contributed by atoms with van der Waals surface area (Å²) < 4.78 is 6.83. The zero-order valence-corrected chi connectivity index (χ0v) is 18.0. The number of nitrogens with zero attached hydrogens (tertiary/aromatic N) is 2. The standard InChI is InChI=1S/C20H19N3O4S2/c1-9-10(2)28-18-16(9)19(26)23(4)20(22-18)29-11(3)17(25)12-5-6-14-13(7-12)21-15(24)8-27-14/h5-7,11H,8H2,1-4H3,(H,21,24). The zero-order chi connectivity index (χ0) is 20.9. The second-order valence-corrected chi connectivity index (χ2v) is 9.41. The van der Waals surface area contributed by atoms with E-state index in [1.165, 1.54) is 27.7 Å². The summed E-state index contributed by atoms with van der Waals surface area (Å²) in [5, 5.41) is 3.38. The molecular weight excluding hydrogens is 410 g/mol. The van der Waals surface area contributed by atoms with Crippen molar-refractivity contribution in [3.63, 3.8) is 0 Å². The largest absolute Gasteiger partial charge is 0.482 e. The van der Waals surface area contributed by atoms with Crippen LogP contribution in [0.5, 0.6) is 5.75 Å². The molecule has 3 heterocycles. The van der Waals surface area contributed by atoms with Crippen molar-refractivity contribution in [1.29, 1.82) is 0 Å². The van der Waals surface area contributed by atoms with Crippen LogP contribution >= 0.6 is 23.1 Å². The second kappa shape index (κ2) is 7.31. The number of hydrogen-bond acceptors (Lipinski definition) is 7. The minimum atomic E-state index is -0.467. The summed E-state index contributed by atoms with van der Waals surface area (Å²) in [6.45, 7) is 5.65. The van der Waals surface area contributed by atoms with E-state index in [-0.39, 0.29) is 23.9 Å².